The molecule has 0 radical (unpaired) electrons. The molecule has 0 aliphatic rings. The number of hydrogen-bond acceptors (Lipinski definition) is 4. The lowest BCUT2D eigenvalue weighted by Gasteiger charge is -2.17. The van der Waals surface area contributed by atoms with E-state index >= 15 is 0 Å². The van der Waals surface area contributed by atoms with Crippen LogP contribution in [0.25, 0.3) is 0 Å². The maximum Gasteiger partial charge on any atom is 0.202 e. The number of nitrogens with zero attached hydrogens (tertiary/aromatic N) is 1. The lowest BCUT2D eigenvalue weighted by atomic mass is 10.3. The van der Waals surface area contributed by atoms with Crippen molar-refractivity contribution in [2.45, 2.75) is 30.5 Å². The largest absolute Gasteiger partial charge is 0.267 e. The first kappa shape index (κ1) is 11.3. The van der Waals surface area contributed by atoms with Crippen molar-refractivity contribution in [2.24, 2.45) is 0 Å². The molecule has 0 unspecified atom stereocenters. The molecule has 4 nitrogen and oxygen atoms in total. The van der Waals surface area contributed by atoms with Gasteiger partial charge in [0.1, 0.15) is 4.64 Å². The Hall–Kier alpha value is -0.750. The summed E-state index contributed by atoms with van der Waals surface area (Å²) >= 11 is 4.78. The molecule has 0 spiro atoms. The minimum absolute atomic E-state index is 0.0265. The van der Waals surface area contributed by atoms with Gasteiger partial charge in [-0.1, -0.05) is 12.2 Å². The standard InChI is InChI=1S/C8H12N2O2S2/c1-8(2,3)14(11,12)7-5-4-6(13)9-10-7/h4-5H,1-3H3,(H,9,13). The Morgan fingerprint density at radius 1 is 1.36 bits per heavy atom. The summed E-state index contributed by atoms with van der Waals surface area (Å²) in [5, 5.41) is 6.19. The van der Waals surface area contributed by atoms with Crippen LogP contribution in [0.1, 0.15) is 20.8 Å². The van der Waals surface area contributed by atoms with Gasteiger partial charge in [-0.25, -0.2) is 8.42 Å². The number of hydrogen-bond donors (Lipinski definition) is 1. The number of sulfone groups is 1. The summed E-state index contributed by atoms with van der Waals surface area (Å²) in [5.74, 6) is 0. The monoisotopic (exact) mass is 232 g/mol. The van der Waals surface area contributed by atoms with Crippen molar-refractivity contribution in [1.82, 2.24) is 10.2 Å². The average Bonchev–Trinajstić information content (AvgIpc) is 2.03. The molecule has 0 bridgehead atoms. The fraction of sp³-hybridized carbons (Fsp3) is 0.500. The highest BCUT2D eigenvalue weighted by atomic mass is 32.2. The van der Waals surface area contributed by atoms with Crippen LogP contribution in [0.4, 0.5) is 0 Å². The van der Waals surface area contributed by atoms with Crippen molar-refractivity contribution in [3.8, 4) is 0 Å². The van der Waals surface area contributed by atoms with Gasteiger partial charge in [-0.3, -0.25) is 5.10 Å². The van der Waals surface area contributed by atoms with E-state index in [4.69, 9.17) is 12.2 Å². The summed E-state index contributed by atoms with van der Waals surface area (Å²) in [6.07, 6.45) is 0. The number of H-pyrrole nitrogens is 1. The van der Waals surface area contributed by atoms with Crippen LogP contribution in [0.2, 0.25) is 0 Å². The highest BCUT2D eigenvalue weighted by molar-refractivity contribution is 7.92. The molecule has 14 heavy (non-hydrogen) atoms. The summed E-state index contributed by atoms with van der Waals surface area (Å²) in [7, 11) is -3.38. The molecule has 1 aromatic rings. The minimum atomic E-state index is -3.38. The molecule has 1 rings (SSSR count). The van der Waals surface area contributed by atoms with Crippen molar-refractivity contribution in [3.05, 3.63) is 16.8 Å². The highest BCUT2D eigenvalue weighted by Gasteiger charge is 2.32. The van der Waals surface area contributed by atoms with Gasteiger partial charge in [0.05, 0.1) is 4.75 Å². The summed E-state index contributed by atoms with van der Waals surface area (Å²) in [4.78, 5) is 0. The van der Waals surface area contributed by atoms with E-state index in [0.717, 1.165) is 0 Å². The highest BCUT2D eigenvalue weighted by Crippen LogP contribution is 2.22. The molecule has 1 heterocycles. The number of rotatable bonds is 1. The Morgan fingerprint density at radius 3 is 2.29 bits per heavy atom. The van der Waals surface area contributed by atoms with Gasteiger partial charge in [-0.2, -0.15) is 5.10 Å². The second kappa shape index (κ2) is 3.43. The zero-order valence-corrected chi connectivity index (χ0v) is 9.87. The molecule has 1 aromatic heterocycles. The summed E-state index contributed by atoms with van der Waals surface area (Å²) < 4.78 is 23.3. The molecular formula is C8H12N2O2S2. The lowest BCUT2D eigenvalue weighted by molar-refractivity contribution is 0.554. The molecule has 1 N–H and O–H groups in total. The molecule has 0 saturated heterocycles. The summed E-state index contributed by atoms with van der Waals surface area (Å²) in [5.41, 5.74) is 0. The fourth-order valence-electron chi connectivity index (χ4n) is 0.795. The quantitative estimate of drug-likeness (QED) is 0.749. The second-order valence-electron chi connectivity index (χ2n) is 3.88. The maximum absolute atomic E-state index is 11.8. The predicted octanol–water partition coefficient (Wildman–Crippen LogP) is 1.71. The molecule has 0 amide bonds. The van der Waals surface area contributed by atoms with Crippen LogP contribution in [0.5, 0.6) is 0 Å². The normalized spacial score (nSPS) is 12.8. The SMILES string of the molecule is CC(C)(C)S(=O)(=O)c1ccc(=S)[nH]n1. The van der Waals surface area contributed by atoms with Crippen LogP contribution in [-0.4, -0.2) is 23.4 Å². The third-order valence-corrected chi connectivity index (χ3v) is 4.35. The van der Waals surface area contributed by atoms with E-state index in [9.17, 15) is 8.42 Å². The van der Waals surface area contributed by atoms with Gasteiger partial charge in [0.15, 0.2) is 5.03 Å². The molecule has 0 saturated carbocycles. The van der Waals surface area contributed by atoms with Crippen LogP contribution in [0.3, 0.4) is 0 Å². The topological polar surface area (TPSA) is 62.8 Å². The number of aromatic nitrogens is 2. The molecule has 0 atom stereocenters. The van der Waals surface area contributed by atoms with E-state index in [1.165, 1.54) is 12.1 Å². The van der Waals surface area contributed by atoms with Crippen molar-refractivity contribution in [2.75, 3.05) is 0 Å². The summed E-state index contributed by atoms with van der Waals surface area (Å²) in [6, 6.07) is 2.93. The van der Waals surface area contributed by atoms with Crippen molar-refractivity contribution >= 4 is 22.1 Å². The fourth-order valence-corrected chi connectivity index (χ4v) is 1.95. The van der Waals surface area contributed by atoms with Gasteiger partial charge in [-0.15, -0.1) is 0 Å². The molecule has 0 aliphatic heterocycles. The van der Waals surface area contributed by atoms with Crippen molar-refractivity contribution in [1.29, 1.82) is 0 Å². The van der Waals surface area contributed by atoms with Crippen LogP contribution in [-0.2, 0) is 9.84 Å². The average molecular weight is 232 g/mol. The van der Waals surface area contributed by atoms with E-state index in [1.54, 1.807) is 20.8 Å². The van der Waals surface area contributed by atoms with E-state index in [1.807, 2.05) is 0 Å². The van der Waals surface area contributed by atoms with Crippen LogP contribution in [0, 0.1) is 4.64 Å². The first-order valence-corrected chi connectivity index (χ1v) is 5.95. The van der Waals surface area contributed by atoms with Gasteiger partial charge < -0.3 is 0 Å². The van der Waals surface area contributed by atoms with Crippen LogP contribution in [0.15, 0.2) is 17.2 Å². The molecule has 0 fully saturated rings. The zero-order chi connectivity index (χ0) is 11.0. The molecule has 6 heteroatoms. The number of aromatic amines is 1. The Kier molecular flexibility index (Phi) is 2.78. The summed E-state index contributed by atoms with van der Waals surface area (Å²) in [6.45, 7) is 4.89. The van der Waals surface area contributed by atoms with Gasteiger partial charge >= 0.3 is 0 Å². The molecular weight excluding hydrogens is 220 g/mol. The van der Waals surface area contributed by atoms with Gasteiger partial charge in [0.25, 0.3) is 0 Å². The van der Waals surface area contributed by atoms with Crippen molar-refractivity contribution in [3.63, 3.8) is 0 Å². The smallest absolute Gasteiger partial charge is 0.202 e. The first-order valence-electron chi connectivity index (χ1n) is 4.05. The van der Waals surface area contributed by atoms with Gasteiger partial charge in [0.2, 0.25) is 9.84 Å². The zero-order valence-electron chi connectivity index (χ0n) is 8.23. The van der Waals surface area contributed by atoms with E-state index in [-0.39, 0.29) is 5.03 Å². The predicted molar refractivity (Wildman–Crippen MR) is 56.4 cm³/mol. The minimum Gasteiger partial charge on any atom is -0.267 e. The Balaban J connectivity index is 3.32. The third-order valence-electron chi connectivity index (χ3n) is 1.74. The Morgan fingerprint density at radius 2 is 1.93 bits per heavy atom. The van der Waals surface area contributed by atoms with E-state index in [0.29, 0.717) is 4.64 Å². The van der Waals surface area contributed by atoms with E-state index in [2.05, 4.69) is 10.2 Å². The lowest BCUT2D eigenvalue weighted by Crippen LogP contribution is -2.28. The van der Waals surface area contributed by atoms with Crippen molar-refractivity contribution < 1.29 is 8.42 Å². The van der Waals surface area contributed by atoms with Crippen LogP contribution >= 0.6 is 12.2 Å². The first-order chi connectivity index (χ1) is 6.25. The van der Waals surface area contributed by atoms with Gasteiger partial charge in [0, 0.05) is 0 Å². The van der Waals surface area contributed by atoms with Crippen LogP contribution < -0.4 is 0 Å². The number of nitrogens with one attached hydrogen (secondary N) is 1. The maximum atomic E-state index is 11.8. The molecule has 0 aliphatic carbocycles. The van der Waals surface area contributed by atoms with Gasteiger partial charge in [-0.05, 0) is 32.9 Å². The third kappa shape index (κ3) is 2.01. The second-order valence-corrected chi connectivity index (χ2v) is 6.96. The Bertz CT molecular complexity index is 462. The molecule has 78 valence electrons. The van der Waals surface area contributed by atoms with E-state index < -0.39 is 14.6 Å². The Labute approximate surface area is 88.3 Å². The molecule has 0 aromatic carbocycles.